The fourth-order valence-corrected chi connectivity index (χ4v) is 5.57. The Morgan fingerprint density at radius 2 is 1.97 bits per heavy atom. The Hall–Kier alpha value is -3.90. The number of nitrogens with one attached hydrogen (secondary N) is 2. The molecule has 0 saturated carbocycles. The number of benzene rings is 1. The van der Waals surface area contributed by atoms with E-state index in [4.69, 9.17) is 5.26 Å². The summed E-state index contributed by atoms with van der Waals surface area (Å²) in [5, 5.41) is 16.3. The van der Waals surface area contributed by atoms with Gasteiger partial charge in [0.05, 0.1) is 18.1 Å². The quantitative estimate of drug-likeness (QED) is 0.604. The Morgan fingerprint density at radius 3 is 2.76 bits per heavy atom. The molecule has 3 aromatic rings. The largest absolute Gasteiger partial charge is 0.341 e. The lowest BCUT2D eigenvalue weighted by Gasteiger charge is -2.43. The summed E-state index contributed by atoms with van der Waals surface area (Å²) in [5.74, 6) is 0.432. The zero-order valence-corrected chi connectivity index (χ0v) is 19.2. The van der Waals surface area contributed by atoms with Crippen LogP contribution >= 0.6 is 11.3 Å². The van der Waals surface area contributed by atoms with E-state index >= 15 is 0 Å². The lowest BCUT2D eigenvalue weighted by Crippen LogP contribution is -2.49. The maximum atomic E-state index is 13.2. The lowest BCUT2D eigenvalue weighted by atomic mass is 9.83. The number of piperidine rings is 1. The van der Waals surface area contributed by atoms with E-state index in [1.807, 2.05) is 34.5 Å². The van der Waals surface area contributed by atoms with E-state index in [1.165, 1.54) is 0 Å². The van der Waals surface area contributed by atoms with Gasteiger partial charge < -0.3 is 20.1 Å². The minimum atomic E-state index is -0.547. The number of carbonyl (C=O) groups excluding carboxylic acids is 2. The monoisotopic (exact) mass is 473 g/mol. The molecule has 1 aromatic carbocycles. The van der Waals surface area contributed by atoms with Crippen molar-refractivity contribution in [1.29, 1.82) is 5.26 Å². The first kappa shape index (κ1) is 21.9. The van der Waals surface area contributed by atoms with E-state index in [0.29, 0.717) is 37.3 Å². The highest BCUT2D eigenvalue weighted by molar-refractivity contribution is 7.10. The molecule has 2 aliphatic heterocycles. The second kappa shape index (κ2) is 9.15. The number of nitriles is 1. The summed E-state index contributed by atoms with van der Waals surface area (Å²) in [6, 6.07) is 15.5. The zero-order chi connectivity index (χ0) is 23.7. The highest BCUT2D eigenvalue weighted by Crippen LogP contribution is 2.35. The lowest BCUT2D eigenvalue weighted by molar-refractivity contribution is -0.133. The van der Waals surface area contributed by atoms with Gasteiger partial charge in [-0.1, -0.05) is 12.1 Å². The molecule has 3 amide bonds. The van der Waals surface area contributed by atoms with Crippen LogP contribution in [-0.4, -0.2) is 34.5 Å². The van der Waals surface area contributed by atoms with Crippen LogP contribution in [0.15, 0.2) is 58.7 Å². The minimum absolute atomic E-state index is 0.101. The Morgan fingerprint density at radius 1 is 1.09 bits per heavy atom. The maximum absolute atomic E-state index is 13.2. The summed E-state index contributed by atoms with van der Waals surface area (Å²) in [6.07, 6.45) is 1.36. The van der Waals surface area contributed by atoms with Gasteiger partial charge in [0.1, 0.15) is 5.69 Å². The van der Waals surface area contributed by atoms with Gasteiger partial charge in [-0.25, -0.2) is 4.79 Å². The van der Waals surface area contributed by atoms with Crippen LogP contribution < -0.4 is 16.2 Å². The standard InChI is InChI=1S/C25H23N5O3S/c26-12-16-3-1-4-19(10-16)27-25(33)28-21-6-7-22-18-9-17(14-30(22)24(21)32)13-29(15-18)23(31)11-20-5-2-8-34-20/h1-8,10,17-18H,9,11,13-15H2,(H2,27,28,33)/t17-,18-/m1/s1. The molecular formula is C25H23N5O3S. The number of rotatable bonds is 4. The number of hydrogen-bond acceptors (Lipinski definition) is 5. The van der Waals surface area contributed by atoms with E-state index in [9.17, 15) is 14.4 Å². The van der Waals surface area contributed by atoms with Gasteiger partial charge in [0.25, 0.3) is 5.56 Å². The summed E-state index contributed by atoms with van der Waals surface area (Å²) in [7, 11) is 0. The molecule has 2 aliphatic rings. The van der Waals surface area contributed by atoms with Crippen LogP contribution in [0.4, 0.5) is 16.2 Å². The average Bonchev–Trinajstić information content (AvgIpc) is 3.34. The Kier molecular flexibility index (Phi) is 5.90. The van der Waals surface area contributed by atoms with E-state index < -0.39 is 6.03 Å². The molecule has 2 aromatic heterocycles. The van der Waals surface area contributed by atoms with Gasteiger partial charge >= 0.3 is 6.03 Å². The Bertz CT molecular complexity index is 1340. The second-order valence-electron chi connectivity index (χ2n) is 8.71. The van der Waals surface area contributed by atoms with E-state index in [0.717, 1.165) is 17.0 Å². The second-order valence-corrected chi connectivity index (χ2v) is 9.75. The first-order chi connectivity index (χ1) is 16.5. The minimum Gasteiger partial charge on any atom is -0.341 e. The smallest absolute Gasteiger partial charge is 0.323 e. The number of urea groups is 1. The number of thiophene rings is 1. The number of anilines is 2. The molecule has 1 saturated heterocycles. The first-order valence-corrected chi connectivity index (χ1v) is 12.0. The Labute approximate surface area is 200 Å². The van der Waals surface area contributed by atoms with Crippen LogP contribution in [0.25, 0.3) is 0 Å². The normalized spacial score (nSPS) is 18.5. The van der Waals surface area contributed by atoms with Crippen molar-refractivity contribution in [3.8, 4) is 6.07 Å². The van der Waals surface area contributed by atoms with Gasteiger partial charge in [-0.05, 0) is 54.1 Å². The molecule has 8 nitrogen and oxygen atoms in total. The number of aromatic nitrogens is 1. The highest BCUT2D eigenvalue weighted by Gasteiger charge is 2.36. The van der Waals surface area contributed by atoms with Crippen LogP contribution in [0.5, 0.6) is 0 Å². The van der Waals surface area contributed by atoms with Gasteiger partial charge in [-0.2, -0.15) is 5.26 Å². The van der Waals surface area contributed by atoms with Crippen molar-refractivity contribution < 1.29 is 9.59 Å². The van der Waals surface area contributed by atoms with Gasteiger partial charge in [0, 0.05) is 41.8 Å². The number of carbonyl (C=O) groups is 2. The number of amides is 3. The van der Waals surface area contributed by atoms with Crippen molar-refractivity contribution in [3.63, 3.8) is 0 Å². The van der Waals surface area contributed by atoms with Crippen molar-refractivity contribution in [2.75, 3.05) is 23.7 Å². The summed E-state index contributed by atoms with van der Waals surface area (Å²) < 4.78 is 1.74. The summed E-state index contributed by atoms with van der Waals surface area (Å²) >= 11 is 1.59. The van der Waals surface area contributed by atoms with Crippen molar-refractivity contribution in [2.24, 2.45) is 5.92 Å². The molecule has 0 radical (unpaired) electrons. The molecule has 2 atom stereocenters. The third-order valence-electron chi connectivity index (χ3n) is 6.36. The first-order valence-electron chi connectivity index (χ1n) is 11.1. The van der Waals surface area contributed by atoms with E-state index in [1.54, 1.807) is 46.2 Å². The summed E-state index contributed by atoms with van der Waals surface area (Å²) in [4.78, 5) is 41.4. The molecule has 0 spiro atoms. The van der Waals surface area contributed by atoms with Gasteiger partial charge in [-0.15, -0.1) is 11.3 Å². The van der Waals surface area contributed by atoms with Crippen LogP contribution in [0.2, 0.25) is 0 Å². The topological polar surface area (TPSA) is 107 Å². The van der Waals surface area contributed by atoms with Crippen molar-refractivity contribution in [1.82, 2.24) is 9.47 Å². The van der Waals surface area contributed by atoms with Crippen LogP contribution in [0.3, 0.4) is 0 Å². The predicted molar refractivity (Wildman–Crippen MR) is 130 cm³/mol. The fraction of sp³-hybridized carbons (Fsp3) is 0.280. The van der Waals surface area contributed by atoms with E-state index in [2.05, 4.69) is 10.6 Å². The van der Waals surface area contributed by atoms with Crippen molar-refractivity contribution in [2.45, 2.75) is 25.3 Å². The third-order valence-corrected chi connectivity index (χ3v) is 7.24. The molecule has 5 rings (SSSR count). The van der Waals surface area contributed by atoms with Crippen molar-refractivity contribution in [3.05, 3.63) is 80.4 Å². The predicted octanol–water partition coefficient (Wildman–Crippen LogP) is 3.61. The molecule has 34 heavy (non-hydrogen) atoms. The SMILES string of the molecule is N#Cc1cccc(NC(=O)Nc2ccc3n(c2=O)C[C@@H]2C[C@@H]3CN(C(=O)Cc3cccs3)C2)c1. The molecule has 9 heteroatoms. The number of pyridine rings is 1. The molecule has 1 fully saturated rings. The molecule has 172 valence electrons. The Balaban J connectivity index is 1.29. The highest BCUT2D eigenvalue weighted by atomic mass is 32.1. The van der Waals surface area contributed by atoms with Gasteiger partial charge in [0.2, 0.25) is 5.91 Å². The number of nitrogens with zero attached hydrogens (tertiary/aromatic N) is 3. The molecule has 4 heterocycles. The zero-order valence-electron chi connectivity index (χ0n) is 18.4. The van der Waals surface area contributed by atoms with Crippen LogP contribution in [0.1, 0.15) is 28.5 Å². The van der Waals surface area contributed by atoms with Crippen LogP contribution in [-0.2, 0) is 17.8 Å². The van der Waals surface area contributed by atoms with Crippen LogP contribution in [0, 0.1) is 17.2 Å². The average molecular weight is 474 g/mol. The molecule has 0 aliphatic carbocycles. The summed E-state index contributed by atoms with van der Waals surface area (Å²) in [5.41, 5.74) is 1.76. The van der Waals surface area contributed by atoms with Gasteiger partial charge in [0.15, 0.2) is 0 Å². The maximum Gasteiger partial charge on any atom is 0.323 e. The molecule has 2 N–H and O–H groups in total. The van der Waals surface area contributed by atoms with Gasteiger partial charge in [-0.3, -0.25) is 9.59 Å². The molecule has 0 unspecified atom stereocenters. The number of hydrogen-bond donors (Lipinski definition) is 2. The van der Waals surface area contributed by atoms with E-state index in [-0.39, 0.29) is 29.0 Å². The van der Waals surface area contributed by atoms with Crippen molar-refractivity contribution >= 4 is 34.6 Å². The fourth-order valence-electron chi connectivity index (χ4n) is 4.87. The summed E-state index contributed by atoms with van der Waals surface area (Å²) in [6.45, 7) is 1.76. The number of fused-ring (bicyclic) bond motifs is 4. The molecule has 2 bridgehead atoms. The third kappa shape index (κ3) is 4.45. The molecular weight excluding hydrogens is 450 g/mol. The number of likely N-dealkylation sites (tertiary alicyclic amines) is 1.